The lowest BCUT2D eigenvalue weighted by Gasteiger charge is -2.15. The van der Waals surface area contributed by atoms with Gasteiger partial charge in [-0.2, -0.15) is 0 Å². The van der Waals surface area contributed by atoms with E-state index in [4.69, 9.17) is 4.42 Å². The number of nitrogens with zero attached hydrogens (tertiary/aromatic N) is 1. The molecule has 1 saturated heterocycles. The number of hydrogen-bond donors (Lipinski definition) is 2. The maximum Gasteiger partial charge on any atom is 0.339 e. The molecule has 2 N–H and O–H groups in total. The van der Waals surface area contributed by atoms with Crippen molar-refractivity contribution in [3.8, 4) is 5.75 Å². The van der Waals surface area contributed by atoms with Gasteiger partial charge in [-0.3, -0.25) is 9.59 Å². The molecule has 0 atom stereocenters. The topological polar surface area (TPSA) is 99.9 Å². The van der Waals surface area contributed by atoms with Gasteiger partial charge in [-0.1, -0.05) is 0 Å². The molecule has 1 fully saturated rings. The predicted molar refractivity (Wildman–Crippen MR) is 105 cm³/mol. The molecule has 0 bridgehead atoms. The molecule has 0 saturated carbocycles. The molecule has 1 aromatic heterocycles. The van der Waals surface area contributed by atoms with Gasteiger partial charge in [0.25, 0.3) is 0 Å². The van der Waals surface area contributed by atoms with Crippen molar-refractivity contribution >= 4 is 22.8 Å². The maximum absolute atomic E-state index is 12.4. The highest BCUT2D eigenvalue weighted by atomic mass is 16.4. The van der Waals surface area contributed by atoms with Gasteiger partial charge >= 0.3 is 5.63 Å². The van der Waals surface area contributed by atoms with Crippen LogP contribution in [0.1, 0.15) is 42.4 Å². The number of phenolic OH excluding ortho intramolecular Hbond substituents is 1. The van der Waals surface area contributed by atoms with Crippen molar-refractivity contribution < 1.29 is 19.1 Å². The number of phenols is 1. The van der Waals surface area contributed by atoms with E-state index in [1.54, 1.807) is 19.1 Å². The highest BCUT2D eigenvalue weighted by molar-refractivity contribution is 5.85. The van der Waals surface area contributed by atoms with Crippen LogP contribution < -0.4 is 10.9 Å². The molecule has 2 heterocycles. The van der Waals surface area contributed by atoms with Gasteiger partial charge in [0.05, 0.1) is 0 Å². The third-order valence-corrected chi connectivity index (χ3v) is 5.38. The number of carbonyl (C=O) groups is 2. The van der Waals surface area contributed by atoms with Crippen molar-refractivity contribution in [1.29, 1.82) is 0 Å². The minimum atomic E-state index is -0.473. The second-order valence-electron chi connectivity index (χ2n) is 7.27. The Morgan fingerprint density at radius 3 is 2.75 bits per heavy atom. The zero-order valence-electron chi connectivity index (χ0n) is 16.3. The normalized spacial score (nSPS) is 14.1. The Labute approximate surface area is 163 Å². The molecule has 1 aliphatic rings. The minimum Gasteiger partial charge on any atom is -0.508 e. The Morgan fingerprint density at radius 1 is 1.25 bits per heavy atom. The SMILES string of the molecule is Cc1c(CCC(=O)NCCCN2CCCC2=O)c(=O)oc2c(C)c(O)ccc12. The molecule has 0 aliphatic carbocycles. The lowest BCUT2D eigenvalue weighted by Crippen LogP contribution is -2.31. The van der Waals surface area contributed by atoms with Crippen LogP contribution in [0.3, 0.4) is 0 Å². The molecule has 0 radical (unpaired) electrons. The molecule has 2 amide bonds. The van der Waals surface area contributed by atoms with Gasteiger partial charge < -0.3 is 19.7 Å². The standard InChI is InChI=1S/C21H26N2O5/c1-13-15-6-8-17(24)14(2)20(15)28-21(27)16(13)7-9-18(25)22-10-4-12-23-11-3-5-19(23)26/h6,8,24H,3-5,7,9-12H2,1-2H3,(H,22,25). The summed E-state index contributed by atoms with van der Waals surface area (Å²) in [7, 11) is 0. The van der Waals surface area contributed by atoms with E-state index >= 15 is 0 Å². The molecule has 7 heteroatoms. The first-order chi connectivity index (χ1) is 13.4. The Balaban J connectivity index is 1.56. The van der Waals surface area contributed by atoms with E-state index in [0.29, 0.717) is 42.6 Å². The van der Waals surface area contributed by atoms with Crippen LogP contribution in [0.25, 0.3) is 11.0 Å². The van der Waals surface area contributed by atoms with Crippen molar-refractivity contribution in [2.75, 3.05) is 19.6 Å². The molecule has 1 aromatic carbocycles. The average Bonchev–Trinajstić information content (AvgIpc) is 3.07. The third-order valence-electron chi connectivity index (χ3n) is 5.38. The van der Waals surface area contributed by atoms with E-state index in [1.165, 1.54) is 0 Å². The number of nitrogens with one attached hydrogen (secondary N) is 1. The van der Waals surface area contributed by atoms with Crippen LogP contribution in [0, 0.1) is 13.8 Å². The van der Waals surface area contributed by atoms with Gasteiger partial charge in [-0.05, 0) is 50.8 Å². The smallest absolute Gasteiger partial charge is 0.339 e. The summed E-state index contributed by atoms with van der Waals surface area (Å²) in [6.45, 7) is 5.50. The Morgan fingerprint density at radius 2 is 2.04 bits per heavy atom. The summed E-state index contributed by atoms with van der Waals surface area (Å²) in [6.07, 6.45) is 2.74. The van der Waals surface area contributed by atoms with E-state index in [9.17, 15) is 19.5 Å². The first-order valence-corrected chi connectivity index (χ1v) is 9.68. The van der Waals surface area contributed by atoms with Crippen LogP contribution in [-0.2, 0) is 16.0 Å². The first-order valence-electron chi connectivity index (χ1n) is 9.68. The molecule has 28 heavy (non-hydrogen) atoms. The third kappa shape index (κ3) is 4.18. The van der Waals surface area contributed by atoms with Crippen LogP contribution in [0.15, 0.2) is 21.3 Å². The second-order valence-corrected chi connectivity index (χ2v) is 7.27. The summed E-state index contributed by atoms with van der Waals surface area (Å²) in [4.78, 5) is 37.8. The number of fused-ring (bicyclic) bond motifs is 1. The summed E-state index contributed by atoms with van der Waals surface area (Å²) in [6, 6.07) is 3.30. The Hall–Kier alpha value is -2.83. The van der Waals surface area contributed by atoms with Crippen LogP contribution >= 0.6 is 0 Å². The molecule has 3 rings (SSSR count). The zero-order chi connectivity index (χ0) is 20.3. The molecular formula is C21H26N2O5. The van der Waals surface area contributed by atoms with Gasteiger partial charge in [0, 0.05) is 49.0 Å². The van der Waals surface area contributed by atoms with E-state index in [0.717, 1.165) is 30.3 Å². The molecule has 1 aliphatic heterocycles. The first kappa shape index (κ1) is 19.9. The van der Waals surface area contributed by atoms with Gasteiger partial charge in [0.2, 0.25) is 11.8 Å². The van der Waals surface area contributed by atoms with Gasteiger partial charge in [-0.15, -0.1) is 0 Å². The molecular weight excluding hydrogens is 360 g/mol. The van der Waals surface area contributed by atoms with Crippen molar-refractivity contribution in [2.45, 2.75) is 46.0 Å². The number of amides is 2. The summed E-state index contributed by atoms with van der Waals surface area (Å²) in [5, 5.41) is 13.4. The largest absolute Gasteiger partial charge is 0.508 e. The summed E-state index contributed by atoms with van der Waals surface area (Å²) in [5.74, 6) is 0.139. The Bertz CT molecular complexity index is 963. The van der Waals surface area contributed by atoms with Crippen LogP contribution in [0.2, 0.25) is 0 Å². The number of carbonyl (C=O) groups excluding carboxylic acids is 2. The summed E-state index contributed by atoms with van der Waals surface area (Å²) < 4.78 is 5.40. The molecule has 150 valence electrons. The minimum absolute atomic E-state index is 0.0813. The molecule has 0 unspecified atom stereocenters. The molecule has 0 spiro atoms. The fourth-order valence-corrected chi connectivity index (χ4v) is 3.63. The fraction of sp³-hybridized carbons (Fsp3) is 0.476. The number of hydrogen-bond acceptors (Lipinski definition) is 5. The highest BCUT2D eigenvalue weighted by Gasteiger charge is 2.19. The average molecular weight is 386 g/mol. The maximum atomic E-state index is 12.4. The molecule has 7 nitrogen and oxygen atoms in total. The van der Waals surface area contributed by atoms with Crippen LogP contribution in [0.4, 0.5) is 0 Å². The van der Waals surface area contributed by atoms with Gasteiger partial charge in [-0.25, -0.2) is 4.79 Å². The summed E-state index contributed by atoms with van der Waals surface area (Å²) in [5.41, 5.74) is 1.69. The predicted octanol–water partition coefficient (Wildman–Crippen LogP) is 2.18. The fourth-order valence-electron chi connectivity index (χ4n) is 3.63. The lowest BCUT2D eigenvalue weighted by molar-refractivity contribution is -0.127. The quantitative estimate of drug-likeness (QED) is 0.561. The monoisotopic (exact) mass is 386 g/mol. The van der Waals surface area contributed by atoms with E-state index in [2.05, 4.69) is 5.32 Å². The second kappa shape index (κ2) is 8.46. The number of rotatable bonds is 7. The van der Waals surface area contributed by atoms with Gasteiger partial charge in [0.1, 0.15) is 11.3 Å². The number of benzene rings is 1. The molecule has 2 aromatic rings. The number of aromatic hydroxyl groups is 1. The number of likely N-dealkylation sites (tertiary alicyclic amines) is 1. The van der Waals surface area contributed by atoms with Crippen molar-refractivity contribution in [2.24, 2.45) is 0 Å². The van der Waals surface area contributed by atoms with Gasteiger partial charge in [0.15, 0.2) is 0 Å². The number of aryl methyl sites for hydroxylation is 2. The van der Waals surface area contributed by atoms with Crippen LogP contribution in [0.5, 0.6) is 5.75 Å². The van der Waals surface area contributed by atoms with E-state index in [-0.39, 0.29) is 24.0 Å². The van der Waals surface area contributed by atoms with Crippen LogP contribution in [-0.4, -0.2) is 41.5 Å². The lowest BCUT2D eigenvalue weighted by atomic mass is 10.0. The summed E-state index contributed by atoms with van der Waals surface area (Å²) >= 11 is 0. The van der Waals surface area contributed by atoms with E-state index < -0.39 is 5.63 Å². The Kier molecular flexibility index (Phi) is 6.02. The van der Waals surface area contributed by atoms with Crippen molar-refractivity contribution in [3.05, 3.63) is 39.2 Å². The zero-order valence-corrected chi connectivity index (χ0v) is 16.3. The van der Waals surface area contributed by atoms with Crippen molar-refractivity contribution in [1.82, 2.24) is 10.2 Å². The van der Waals surface area contributed by atoms with Crippen molar-refractivity contribution in [3.63, 3.8) is 0 Å². The van der Waals surface area contributed by atoms with E-state index in [1.807, 2.05) is 11.8 Å². The highest BCUT2D eigenvalue weighted by Crippen LogP contribution is 2.28.